The normalized spacial score (nSPS) is 19.2. The first kappa shape index (κ1) is 8.75. The third-order valence-corrected chi connectivity index (χ3v) is 2.61. The van der Waals surface area contributed by atoms with Crippen molar-refractivity contribution in [1.29, 1.82) is 0 Å². The van der Waals surface area contributed by atoms with Crippen LogP contribution in [0, 0.1) is 0 Å². The smallest absolute Gasteiger partial charge is 0.0534 e. The van der Waals surface area contributed by atoms with Gasteiger partial charge in [-0.2, -0.15) is 5.10 Å². The number of aromatic nitrogens is 2. The van der Waals surface area contributed by atoms with Gasteiger partial charge in [0.25, 0.3) is 0 Å². The van der Waals surface area contributed by atoms with Crippen molar-refractivity contribution in [2.24, 2.45) is 7.05 Å². The minimum Gasteiger partial charge on any atom is -0.299 e. The monoisotopic (exact) mass is 179 g/mol. The predicted octanol–water partition coefficient (Wildman–Crippen LogP) is 1.41. The molecule has 3 nitrogen and oxygen atoms in total. The van der Waals surface area contributed by atoms with Crippen LogP contribution in [-0.4, -0.2) is 27.8 Å². The van der Waals surface area contributed by atoms with Crippen molar-refractivity contribution in [2.45, 2.75) is 25.8 Å². The van der Waals surface area contributed by atoms with Crippen LogP contribution in [0.2, 0.25) is 0 Å². The molecule has 1 saturated heterocycles. The van der Waals surface area contributed by atoms with Crippen LogP contribution in [0.25, 0.3) is 0 Å². The van der Waals surface area contributed by atoms with Crippen LogP contribution < -0.4 is 0 Å². The van der Waals surface area contributed by atoms with E-state index in [9.17, 15) is 0 Å². The molecule has 0 bridgehead atoms. The highest BCUT2D eigenvalue weighted by Gasteiger charge is 2.10. The fraction of sp³-hybridized carbons (Fsp3) is 0.700. The number of piperidine rings is 1. The Morgan fingerprint density at radius 1 is 1.31 bits per heavy atom. The van der Waals surface area contributed by atoms with Crippen LogP contribution in [-0.2, 0) is 13.6 Å². The van der Waals surface area contributed by atoms with Crippen LogP contribution in [0.1, 0.15) is 24.8 Å². The molecule has 72 valence electrons. The largest absolute Gasteiger partial charge is 0.299 e. The van der Waals surface area contributed by atoms with Gasteiger partial charge in [0.15, 0.2) is 0 Å². The minimum atomic E-state index is 1.08. The summed E-state index contributed by atoms with van der Waals surface area (Å²) in [6.45, 7) is 3.59. The van der Waals surface area contributed by atoms with Gasteiger partial charge in [-0.1, -0.05) is 6.42 Å². The first-order chi connectivity index (χ1) is 6.34. The van der Waals surface area contributed by atoms with Gasteiger partial charge in [-0.15, -0.1) is 0 Å². The standard InChI is InChI=1S/C10H17N3/c1-12-8-10(7-11-12)9-13-5-3-2-4-6-13/h7-8H,2-6,9H2,1H3. The fourth-order valence-corrected chi connectivity index (χ4v) is 1.93. The molecule has 1 aromatic rings. The van der Waals surface area contributed by atoms with E-state index in [1.54, 1.807) is 0 Å². The quantitative estimate of drug-likeness (QED) is 0.684. The molecule has 0 aromatic carbocycles. The van der Waals surface area contributed by atoms with E-state index >= 15 is 0 Å². The molecule has 0 atom stereocenters. The maximum atomic E-state index is 4.17. The number of hydrogen-bond donors (Lipinski definition) is 0. The third-order valence-electron chi connectivity index (χ3n) is 2.61. The van der Waals surface area contributed by atoms with Crippen molar-refractivity contribution in [2.75, 3.05) is 13.1 Å². The second-order valence-electron chi connectivity index (χ2n) is 3.86. The van der Waals surface area contributed by atoms with E-state index in [0.717, 1.165) is 6.54 Å². The van der Waals surface area contributed by atoms with Crippen LogP contribution >= 0.6 is 0 Å². The van der Waals surface area contributed by atoms with E-state index in [4.69, 9.17) is 0 Å². The van der Waals surface area contributed by atoms with Gasteiger partial charge < -0.3 is 0 Å². The summed E-state index contributed by atoms with van der Waals surface area (Å²) < 4.78 is 1.87. The summed E-state index contributed by atoms with van der Waals surface area (Å²) in [7, 11) is 1.97. The molecule has 0 saturated carbocycles. The summed E-state index contributed by atoms with van der Waals surface area (Å²) in [5.74, 6) is 0. The Morgan fingerprint density at radius 3 is 2.69 bits per heavy atom. The summed E-state index contributed by atoms with van der Waals surface area (Å²) in [5, 5.41) is 4.17. The maximum Gasteiger partial charge on any atom is 0.0534 e. The lowest BCUT2D eigenvalue weighted by Gasteiger charge is -2.25. The summed E-state index contributed by atoms with van der Waals surface area (Å²) in [6.07, 6.45) is 8.20. The lowest BCUT2D eigenvalue weighted by Crippen LogP contribution is -2.28. The Morgan fingerprint density at radius 2 is 2.08 bits per heavy atom. The second kappa shape index (κ2) is 3.92. The zero-order valence-corrected chi connectivity index (χ0v) is 8.24. The first-order valence-corrected chi connectivity index (χ1v) is 5.04. The number of rotatable bonds is 2. The zero-order chi connectivity index (χ0) is 9.10. The van der Waals surface area contributed by atoms with Crippen molar-refractivity contribution in [3.8, 4) is 0 Å². The molecule has 1 aliphatic heterocycles. The lowest BCUT2D eigenvalue weighted by atomic mass is 10.1. The number of likely N-dealkylation sites (tertiary alicyclic amines) is 1. The van der Waals surface area contributed by atoms with Crippen molar-refractivity contribution in [3.63, 3.8) is 0 Å². The highest BCUT2D eigenvalue weighted by Crippen LogP contribution is 2.11. The van der Waals surface area contributed by atoms with Gasteiger partial charge >= 0.3 is 0 Å². The Labute approximate surface area is 79.3 Å². The lowest BCUT2D eigenvalue weighted by molar-refractivity contribution is 0.221. The Balaban J connectivity index is 1.89. The van der Waals surface area contributed by atoms with Gasteiger partial charge in [0.1, 0.15) is 0 Å². The summed E-state index contributed by atoms with van der Waals surface area (Å²) in [4.78, 5) is 2.51. The van der Waals surface area contributed by atoms with Crippen LogP contribution in [0.5, 0.6) is 0 Å². The topological polar surface area (TPSA) is 21.1 Å². The van der Waals surface area contributed by atoms with E-state index in [-0.39, 0.29) is 0 Å². The molecular formula is C10H17N3. The van der Waals surface area contributed by atoms with Gasteiger partial charge in [-0.25, -0.2) is 0 Å². The average molecular weight is 179 g/mol. The van der Waals surface area contributed by atoms with Crippen molar-refractivity contribution in [3.05, 3.63) is 18.0 Å². The number of aryl methyl sites for hydroxylation is 1. The van der Waals surface area contributed by atoms with Crippen molar-refractivity contribution < 1.29 is 0 Å². The molecule has 0 unspecified atom stereocenters. The van der Waals surface area contributed by atoms with Gasteiger partial charge in [0, 0.05) is 25.4 Å². The van der Waals surface area contributed by atoms with Gasteiger partial charge in [-0.05, 0) is 25.9 Å². The molecule has 2 rings (SSSR count). The van der Waals surface area contributed by atoms with Crippen LogP contribution in [0.4, 0.5) is 0 Å². The maximum absolute atomic E-state index is 4.17. The molecule has 0 radical (unpaired) electrons. The Hall–Kier alpha value is -0.830. The molecule has 1 aromatic heterocycles. The molecule has 3 heteroatoms. The molecule has 0 amide bonds. The van der Waals surface area contributed by atoms with Gasteiger partial charge in [0.05, 0.1) is 6.20 Å². The summed E-state index contributed by atoms with van der Waals surface area (Å²) in [6, 6.07) is 0. The summed E-state index contributed by atoms with van der Waals surface area (Å²) >= 11 is 0. The highest BCUT2D eigenvalue weighted by molar-refractivity contribution is 5.03. The average Bonchev–Trinajstić information content (AvgIpc) is 2.53. The van der Waals surface area contributed by atoms with Crippen molar-refractivity contribution in [1.82, 2.24) is 14.7 Å². The molecule has 13 heavy (non-hydrogen) atoms. The Kier molecular flexibility index (Phi) is 2.64. The Bertz CT molecular complexity index is 261. The minimum absolute atomic E-state index is 1.08. The van der Waals surface area contributed by atoms with E-state index in [2.05, 4.69) is 16.2 Å². The molecule has 0 spiro atoms. The molecule has 0 N–H and O–H groups in total. The molecular weight excluding hydrogens is 162 g/mol. The van der Waals surface area contributed by atoms with Gasteiger partial charge in [0.2, 0.25) is 0 Å². The SMILES string of the molecule is Cn1cc(CN2CCCCC2)cn1. The van der Waals surface area contributed by atoms with E-state index in [1.165, 1.54) is 37.9 Å². The molecule has 1 fully saturated rings. The van der Waals surface area contributed by atoms with E-state index in [0.29, 0.717) is 0 Å². The van der Waals surface area contributed by atoms with Crippen LogP contribution in [0.3, 0.4) is 0 Å². The van der Waals surface area contributed by atoms with E-state index in [1.807, 2.05) is 17.9 Å². The predicted molar refractivity (Wildman–Crippen MR) is 52.3 cm³/mol. The number of hydrogen-bond acceptors (Lipinski definition) is 2. The first-order valence-electron chi connectivity index (χ1n) is 5.04. The fourth-order valence-electron chi connectivity index (χ4n) is 1.93. The van der Waals surface area contributed by atoms with Crippen LogP contribution in [0.15, 0.2) is 12.4 Å². The van der Waals surface area contributed by atoms with Crippen molar-refractivity contribution >= 4 is 0 Å². The second-order valence-corrected chi connectivity index (χ2v) is 3.86. The molecule has 2 heterocycles. The highest BCUT2D eigenvalue weighted by atomic mass is 15.2. The number of nitrogens with zero attached hydrogens (tertiary/aromatic N) is 3. The third kappa shape index (κ3) is 2.31. The zero-order valence-electron chi connectivity index (χ0n) is 8.24. The molecule has 1 aliphatic rings. The van der Waals surface area contributed by atoms with Gasteiger partial charge in [-0.3, -0.25) is 9.58 Å². The van der Waals surface area contributed by atoms with E-state index < -0.39 is 0 Å². The molecule has 0 aliphatic carbocycles. The summed E-state index contributed by atoms with van der Waals surface area (Å²) in [5.41, 5.74) is 1.34.